The minimum absolute atomic E-state index is 0.0278. The summed E-state index contributed by atoms with van der Waals surface area (Å²) >= 11 is 0. The Bertz CT molecular complexity index is 1020. The third kappa shape index (κ3) is 4.36. The molecule has 1 aliphatic heterocycles. The van der Waals surface area contributed by atoms with Crippen molar-refractivity contribution < 1.29 is 13.9 Å². The summed E-state index contributed by atoms with van der Waals surface area (Å²) in [5.41, 5.74) is 2.90. The lowest BCUT2D eigenvalue weighted by molar-refractivity contribution is -0.122. The molecule has 2 aromatic carbocycles. The molecule has 3 aromatic rings. The van der Waals surface area contributed by atoms with Crippen LogP contribution in [-0.4, -0.2) is 35.4 Å². The van der Waals surface area contributed by atoms with Crippen molar-refractivity contribution in [3.05, 3.63) is 66.1 Å². The summed E-state index contributed by atoms with van der Waals surface area (Å²) in [5, 5.41) is 11.0. The molecule has 0 radical (unpaired) electrons. The molecule has 30 heavy (non-hydrogen) atoms. The molecule has 4 rings (SSSR count). The zero-order valence-corrected chi connectivity index (χ0v) is 16.9. The van der Waals surface area contributed by atoms with E-state index in [1.165, 1.54) is 6.07 Å². The van der Waals surface area contributed by atoms with Crippen LogP contribution < -0.4 is 15.4 Å². The number of carbonyl (C=O) groups excluding carboxylic acids is 1. The highest BCUT2D eigenvalue weighted by molar-refractivity contribution is 5.82. The Labute approximate surface area is 175 Å². The van der Waals surface area contributed by atoms with Gasteiger partial charge in [0.2, 0.25) is 5.91 Å². The summed E-state index contributed by atoms with van der Waals surface area (Å²) in [4.78, 5) is 12.3. The van der Waals surface area contributed by atoms with Crippen molar-refractivity contribution in [2.75, 3.05) is 13.7 Å². The number of aromatic nitrogens is 2. The van der Waals surface area contributed by atoms with Crippen LogP contribution in [0.1, 0.15) is 24.8 Å². The molecule has 1 amide bonds. The Morgan fingerprint density at radius 3 is 2.77 bits per heavy atom. The van der Waals surface area contributed by atoms with Gasteiger partial charge in [-0.2, -0.15) is 5.10 Å². The SMILES string of the molecule is COc1ccc(-c2nn(-c3ccccc3F)cc2CN[C@H]2CCCCNC2=O)cc1. The lowest BCUT2D eigenvalue weighted by Crippen LogP contribution is -2.42. The third-order valence-corrected chi connectivity index (χ3v) is 5.33. The largest absolute Gasteiger partial charge is 0.497 e. The van der Waals surface area contributed by atoms with Gasteiger partial charge in [0, 0.05) is 30.4 Å². The molecule has 0 saturated carbocycles. The van der Waals surface area contributed by atoms with E-state index in [4.69, 9.17) is 4.74 Å². The second-order valence-corrected chi connectivity index (χ2v) is 7.35. The van der Waals surface area contributed by atoms with E-state index in [0.717, 1.165) is 48.4 Å². The molecule has 156 valence electrons. The first-order chi connectivity index (χ1) is 14.7. The number of nitrogens with zero attached hydrogens (tertiary/aromatic N) is 2. The minimum atomic E-state index is -0.344. The Morgan fingerprint density at radius 1 is 1.20 bits per heavy atom. The van der Waals surface area contributed by atoms with Crippen molar-refractivity contribution in [3.8, 4) is 22.7 Å². The highest BCUT2D eigenvalue weighted by Gasteiger charge is 2.21. The van der Waals surface area contributed by atoms with Crippen molar-refractivity contribution in [1.29, 1.82) is 0 Å². The summed E-state index contributed by atoms with van der Waals surface area (Å²) in [6.45, 7) is 1.17. The number of hydrogen-bond acceptors (Lipinski definition) is 4. The number of methoxy groups -OCH3 is 1. The van der Waals surface area contributed by atoms with Gasteiger partial charge in [-0.15, -0.1) is 0 Å². The third-order valence-electron chi connectivity index (χ3n) is 5.33. The topological polar surface area (TPSA) is 68.2 Å². The number of rotatable bonds is 6. The van der Waals surface area contributed by atoms with E-state index in [0.29, 0.717) is 12.2 Å². The number of hydrogen-bond donors (Lipinski definition) is 2. The molecule has 0 bridgehead atoms. The zero-order valence-electron chi connectivity index (χ0n) is 16.9. The first kappa shape index (κ1) is 20.1. The van der Waals surface area contributed by atoms with Gasteiger partial charge in [0.1, 0.15) is 17.3 Å². The van der Waals surface area contributed by atoms with Crippen LogP contribution in [0.3, 0.4) is 0 Å². The van der Waals surface area contributed by atoms with Crippen LogP contribution in [0.25, 0.3) is 16.9 Å². The Kier molecular flexibility index (Phi) is 6.09. The van der Waals surface area contributed by atoms with Crippen LogP contribution in [0.2, 0.25) is 0 Å². The van der Waals surface area contributed by atoms with Crippen LogP contribution in [0.5, 0.6) is 5.75 Å². The van der Waals surface area contributed by atoms with E-state index in [9.17, 15) is 9.18 Å². The van der Waals surface area contributed by atoms with Crippen LogP contribution in [0.4, 0.5) is 4.39 Å². The second-order valence-electron chi connectivity index (χ2n) is 7.35. The van der Waals surface area contributed by atoms with E-state index in [1.807, 2.05) is 30.5 Å². The van der Waals surface area contributed by atoms with Gasteiger partial charge >= 0.3 is 0 Å². The number of para-hydroxylation sites is 1. The maximum absolute atomic E-state index is 14.3. The van der Waals surface area contributed by atoms with Crippen molar-refractivity contribution in [3.63, 3.8) is 0 Å². The van der Waals surface area contributed by atoms with Crippen LogP contribution in [0.15, 0.2) is 54.7 Å². The fraction of sp³-hybridized carbons (Fsp3) is 0.304. The lowest BCUT2D eigenvalue weighted by atomic mass is 10.1. The maximum atomic E-state index is 14.3. The van der Waals surface area contributed by atoms with Crippen LogP contribution in [-0.2, 0) is 11.3 Å². The normalized spacial score (nSPS) is 16.7. The van der Waals surface area contributed by atoms with Gasteiger partial charge in [0.25, 0.3) is 0 Å². The minimum Gasteiger partial charge on any atom is -0.497 e. The molecule has 1 atom stereocenters. The predicted octanol–water partition coefficient (Wildman–Crippen LogP) is 3.45. The van der Waals surface area contributed by atoms with Crippen LogP contribution >= 0.6 is 0 Å². The molecule has 6 nitrogen and oxygen atoms in total. The Balaban J connectivity index is 1.66. The van der Waals surface area contributed by atoms with E-state index < -0.39 is 0 Å². The quantitative estimate of drug-likeness (QED) is 0.656. The summed E-state index contributed by atoms with van der Waals surface area (Å²) in [6.07, 6.45) is 4.60. The number of halogens is 1. The summed E-state index contributed by atoms with van der Waals surface area (Å²) in [6, 6.07) is 13.9. The molecule has 0 aliphatic carbocycles. The van der Waals surface area contributed by atoms with Crippen molar-refractivity contribution >= 4 is 5.91 Å². The number of benzene rings is 2. The molecule has 0 unspecified atom stereocenters. The van der Waals surface area contributed by atoms with Gasteiger partial charge in [-0.25, -0.2) is 9.07 Å². The van der Waals surface area contributed by atoms with Gasteiger partial charge in [-0.3, -0.25) is 4.79 Å². The van der Waals surface area contributed by atoms with Gasteiger partial charge in [0.15, 0.2) is 0 Å². The Hall–Kier alpha value is -3.19. The number of carbonyl (C=O) groups is 1. The fourth-order valence-electron chi connectivity index (χ4n) is 3.66. The second kappa shape index (κ2) is 9.09. The monoisotopic (exact) mass is 408 g/mol. The molecule has 7 heteroatoms. The summed E-state index contributed by atoms with van der Waals surface area (Å²) in [7, 11) is 1.62. The first-order valence-corrected chi connectivity index (χ1v) is 10.1. The molecular weight excluding hydrogens is 383 g/mol. The smallest absolute Gasteiger partial charge is 0.237 e. The first-order valence-electron chi connectivity index (χ1n) is 10.1. The number of ether oxygens (including phenoxy) is 1. The van der Waals surface area contributed by atoms with Crippen molar-refractivity contribution in [2.24, 2.45) is 0 Å². The van der Waals surface area contributed by atoms with Gasteiger partial charge in [-0.1, -0.05) is 12.1 Å². The van der Waals surface area contributed by atoms with Gasteiger partial charge in [-0.05, 0) is 55.7 Å². The number of amides is 1. The van der Waals surface area contributed by atoms with E-state index in [-0.39, 0.29) is 17.8 Å². The van der Waals surface area contributed by atoms with Gasteiger partial charge in [0.05, 0.1) is 18.8 Å². The van der Waals surface area contributed by atoms with Crippen molar-refractivity contribution in [2.45, 2.75) is 31.8 Å². The maximum Gasteiger partial charge on any atom is 0.237 e. The molecule has 1 saturated heterocycles. The predicted molar refractivity (Wildman–Crippen MR) is 113 cm³/mol. The molecule has 2 N–H and O–H groups in total. The summed E-state index contributed by atoms with van der Waals surface area (Å²) < 4.78 is 21.1. The van der Waals surface area contributed by atoms with Gasteiger partial charge < -0.3 is 15.4 Å². The molecule has 1 aliphatic rings. The van der Waals surface area contributed by atoms with E-state index in [1.54, 1.807) is 30.0 Å². The number of nitrogens with one attached hydrogen (secondary N) is 2. The molecular formula is C23H25FN4O2. The average Bonchev–Trinajstić information content (AvgIpc) is 3.08. The van der Waals surface area contributed by atoms with E-state index in [2.05, 4.69) is 15.7 Å². The summed E-state index contributed by atoms with van der Waals surface area (Å²) in [5.74, 6) is 0.436. The Morgan fingerprint density at radius 2 is 2.00 bits per heavy atom. The average molecular weight is 408 g/mol. The standard InChI is InChI=1S/C23H25FN4O2/c1-30-18-11-9-16(10-12-18)22-17(14-26-20-7-4-5-13-25-23(20)29)15-28(27-22)21-8-3-2-6-19(21)24/h2-3,6,8-12,15,20,26H,4-5,7,13-14H2,1H3,(H,25,29)/t20-/m0/s1. The van der Waals surface area contributed by atoms with E-state index >= 15 is 0 Å². The highest BCUT2D eigenvalue weighted by Crippen LogP contribution is 2.26. The molecule has 1 aromatic heterocycles. The molecule has 0 spiro atoms. The molecule has 2 heterocycles. The lowest BCUT2D eigenvalue weighted by Gasteiger charge is -2.15. The highest BCUT2D eigenvalue weighted by atomic mass is 19.1. The fourth-order valence-corrected chi connectivity index (χ4v) is 3.66. The zero-order chi connectivity index (χ0) is 20.9. The van der Waals surface area contributed by atoms with Crippen molar-refractivity contribution in [1.82, 2.24) is 20.4 Å². The van der Waals surface area contributed by atoms with Crippen LogP contribution in [0, 0.1) is 5.82 Å². The molecule has 1 fully saturated rings.